The largest absolute Gasteiger partial charge is 0.460 e. The third-order valence-corrected chi connectivity index (χ3v) is 3.56. The Morgan fingerprint density at radius 1 is 1.14 bits per heavy atom. The molecule has 8 heteroatoms. The van der Waals surface area contributed by atoms with E-state index in [2.05, 4.69) is 5.32 Å². The summed E-state index contributed by atoms with van der Waals surface area (Å²) >= 11 is 0. The second kappa shape index (κ2) is 10.6. The van der Waals surface area contributed by atoms with Gasteiger partial charge >= 0.3 is 5.97 Å². The predicted molar refractivity (Wildman–Crippen MR) is 104 cm³/mol. The fourth-order valence-corrected chi connectivity index (χ4v) is 2.21. The van der Waals surface area contributed by atoms with Crippen molar-refractivity contribution in [1.29, 1.82) is 0 Å². The number of nitro groups is 1. The molecule has 146 valence electrons. The Morgan fingerprint density at radius 2 is 1.89 bits per heavy atom. The Hall–Kier alpha value is -3.52. The Labute approximate surface area is 161 Å². The number of ether oxygens (including phenoxy) is 2. The van der Waals surface area contributed by atoms with Crippen LogP contribution in [0.15, 0.2) is 54.6 Å². The summed E-state index contributed by atoms with van der Waals surface area (Å²) in [7, 11) is 0. The highest BCUT2D eigenvalue weighted by atomic mass is 16.6. The molecule has 0 saturated heterocycles. The molecular formula is C20H20N2O6. The molecule has 28 heavy (non-hydrogen) atoms. The molecule has 1 amide bonds. The highest BCUT2D eigenvalue weighted by Gasteiger charge is 2.08. The molecule has 0 saturated carbocycles. The monoisotopic (exact) mass is 384 g/mol. The third-order valence-electron chi connectivity index (χ3n) is 3.56. The molecule has 0 aromatic heterocycles. The number of nitrogens with one attached hydrogen (secondary N) is 1. The number of esters is 1. The molecule has 1 N–H and O–H groups in total. The number of hydrogen-bond acceptors (Lipinski definition) is 6. The second-order valence-electron chi connectivity index (χ2n) is 5.58. The molecule has 0 bridgehead atoms. The summed E-state index contributed by atoms with van der Waals surface area (Å²) in [5, 5.41) is 13.4. The first-order valence-electron chi connectivity index (χ1n) is 8.58. The second-order valence-corrected chi connectivity index (χ2v) is 5.58. The first kappa shape index (κ1) is 20.8. The van der Waals surface area contributed by atoms with Crippen molar-refractivity contribution >= 4 is 29.3 Å². The number of benzene rings is 2. The van der Waals surface area contributed by atoms with E-state index in [4.69, 9.17) is 9.47 Å². The Morgan fingerprint density at radius 3 is 2.57 bits per heavy atom. The molecule has 0 aliphatic heterocycles. The molecule has 0 atom stereocenters. The summed E-state index contributed by atoms with van der Waals surface area (Å²) < 4.78 is 10.1. The molecule has 0 radical (unpaired) electrons. The van der Waals surface area contributed by atoms with Crippen LogP contribution in [0.25, 0.3) is 6.08 Å². The van der Waals surface area contributed by atoms with E-state index >= 15 is 0 Å². The van der Waals surface area contributed by atoms with Crippen molar-refractivity contribution in [3.8, 4) is 0 Å². The van der Waals surface area contributed by atoms with Gasteiger partial charge in [0.25, 0.3) is 5.69 Å². The van der Waals surface area contributed by atoms with Gasteiger partial charge in [-0.15, -0.1) is 0 Å². The van der Waals surface area contributed by atoms with Crippen LogP contribution in [0.1, 0.15) is 22.8 Å². The average Bonchev–Trinajstić information content (AvgIpc) is 2.70. The summed E-state index contributed by atoms with van der Waals surface area (Å²) in [6.07, 6.45) is 2.75. The van der Waals surface area contributed by atoms with E-state index in [1.807, 2.05) is 6.92 Å². The minimum absolute atomic E-state index is 0.0497. The van der Waals surface area contributed by atoms with Crippen molar-refractivity contribution in [3.63, 3.8) is 0 Å². The summed E-state index contributed by atoms with van der Waals surface area (Å²) in [6.45, 7) is 2.93. The van der Waals surface area contributed by atoms with Gasteiger partial charge < -0.3 is 14.8 Å². The van der Waals surface area contributed by atoms with Gasteiger partial charge in [-0.25, -0.2) is 4.79 Å². The Kier molecular flexibility index (Phi) is 7.86. The molecule has 0 fully saturated rings. The van der Waals surface area contributed by atoms with Gasteiger partial charge in [-0.3, -0.25) is 14.9 Å². The molecular weight excluding hydrogens is 364 g/mol. The number of carbonyl (C=O) groups is 2. The minimum atomic E-state index is -0.499. The van der Waals surface area contributed by atoms with Crippen molar-refractivity contribution in [2.24, 2.45) is 0 Å². The summed E-state index contributed by atoms with van der Waals surface area (Å²) in [5.41, 5.74) is 1.35. The van der Waals surface area contributed by atoms with Crippen molar-refractivity contribution in [3.05, 3.63) is 75.8 Å². The van der Waals surface area contributed by atoms with Gasteiger partial charge in [0.1, 0.15) is 6.61 Å². The molecule has 0 aliphatic rings. The molecule has 2 aromatic carbocycles. The fourth-order valence-electron chi connectivity index (χ4n) is 2.21. The van der Waals surface area contributed by atoms with Gasteiger partial charge in [0, 0.05) is 30.5 Å². The highest BCUT2D eigenvalue weighted by molar-refractivity contribution is 6.02. The van der Waals surface area contributed by atoms with Gasteiger partial charge in [0.15, 0.2) is 0 Å². The normalized spacial score (nSPS) is 10.6. The van der Waals surface area contributed by atoms with Crippen molar-refractivity contribution in [2.45, 2.75) is 6.92 Å². The number of anilines is 1. The fraction of sp³-hybridized carbons (Fsp3) is 0.200. The summed E-state index contributed by atoms with van der Waals surface area (Å²) in [6, 6.07) is 12.2. The van der Waals surface area contributed by atoms with Gasteiger partial charge in [-0.2, -0.15) is 0 Å². The molecule has 2 rings (SSSR count). The maximum Gasteiger partial charge on any atom is 0.338 e. The zero-order valence-electron chi connectivity index (χ0n) is 15.3. The van der Waals surface area contributed by atoms with Crippen LogP contribution >= 0.6 is 0 Å². The number of carbonyl (C=O) groups excluding carboxylic acids is 2. The Bertz CT molecular complexity index is 861. The van der Waals surface area contributed by atoms with Crippen LogP contribution in [0.2, 0.25) is 0 Å². The van der Waals surface area contributed by atoms with E-state index in [0.29, 0.717) is 30.0 Å². The lowest BCUT2D eigenvalue weighted by molar-refractivity contribution is -0.384. The molecule has 0 spiro atoms. The maximum atomic E-state index is 12.0. The maximum absolute atomic E-state index is 12.0. The summed E-state index contributed by atoms with van der Waals surface area (Å²) in [5.74, 6) is -0.873. The lowest BCUT2D eigenvalue weighted by atomic mass is 10.2. The van der Waals surface area contributed by atoms with Crippen LogP contribution in [-0.4, -0.2) is 36.6 Å². The first-order chi connectivity index (χ1) is 13.5. The molecule has 8 nitrogen and oxygen atoms in total. The van der Waals surface area contributed by atoms with Crippen LogP contribution in [0.3, 0.4) is 0 Å². The lowest BCUT2D eigenvalue weighted by Crippen LogP contribution is -2.11. The first-order valence-corrected chi connectivity index (χ1v) is 8.58. The molecule has 0 unspecified atom stereocenters. The number of amides is 1. The van der Waals surface area contributed by atoms with Gasteiger partial charge in [-0.05, 0) is 42.8 Å². The van der Waals surface area contributed by atoms with Crippen LogP contribution in [0, 0.1) is 10.1 Å². The van der Waals surface area contributed by atoms with Crippen LogP contribution < -0.4 is 5.32 Å². The standard InChI is InChI=1S/C20H20N2O6/c1-2-27-12-13-28-20(24)16-7-9-17(10-8-16)21-19(23)11-6-15-4-3-5-18(14-15)22(25)26/h3-11,14H,2,12-13H2,1H3,(H,21,23). The predicted octanol–water partition coefficient (Wildman–Crippen LogP) is 3.44. The van der Waals surface area contributed by atoms with Crippen molar-refractivity contribution < 1.29 is 24.0 Å². The minimum Gasteiger partial charge on any atom is -0.460 e. The molecule has 0 aliphatic carbocycles. The average molecular weight is 384 g/mol. The van der Waals surface area contributed by atoms with E-state index in [9.17, 15) is 19.7 Å². The number of rotatable bonds is 9. The van der Waals surface area contributed by atoms with E-state index in [0.717, 1.165) is 0 Å². The van der Waals surface area contributed by atoms with E-state index in [-0.39, 0.29) is 12.3 Å². The van der Waals surface area contributed by atoms with E-state index in [1.54, 1.807) is 36.4 Å². The topological polar surface area (TPSA) is 108 Å². The smallest absolute Gasteiger partial charge is 0.338 e. The molecule has 2 aromatic rings. The quantitative estimate of drug-likeness (QED) is 0.233. The van der Waals surface area contributed by atoms with Crippen LogP contribution in [-0.2, 0) is 14.3 Å². The highest BCUT2D eigenvalue weighted by Crippen LogP contribution is 2.15. The third kappa shape index (κ3) is 6.65. The van der Waals surface area contributed by atoms with Gasteiger partial charge in [0.2, 0.25) is 5.91 Å². The van der Waals surface area contributed by atoms with Crippen molar-refractivity contribution in [2.75, 3.05) is 25.1 Å². The zero-order chi connectivity index (χ0) is 20.4. The van der Waals surface area contributed by atoms with Crippen LogP contribution in [0.5, 0.6) is 0 Å². The molecule has 0 heterocycles. The van der Waals surface area contributed by atoms with E-state index in [1.165, 1.54) is 24.3 Å². The number of non-ortho nitro benzene ring substituents is 1. The van der Waals surface area contributed by atoms with E-state index < -0.39 is 16.8 Å². The SMILES string of the molecule is CCOCCOC(=O)c1ccc(NC(=O)C=Cc2cccc([N+](=O)[O-])c2)cc1. The lowest BCUT2D eigenvalue weighted by Gasteiger charge is -2.06. The van der Waals surface area contributed by atoms with Crippen LogP contribution in [0.4, 0.5) is 11.4 Å². The number of nitrogens with zero attached hydrogens (tertiary/aromatic N) is 1. The Balaban J connectivity index is 1.89. The van der Waals surface area contributed by atoms with Crippen molar-refractivity contribution in [1.82, 2.24) is 0 Å². The zero-order valence-corrected chi connectivity index (χ0v) is 15.3. The van der Waals surface area contributed by atoms with Gasteiger partial charge in [-0.1, -0.05) is 12.1 Å². The van der Waals surface area contributed by atoms with Gasteiger partial charge in [0.05, 0.1) is 17.1 Å². The summed E-state index contributed by atoms with van der Waals surface area (Å²) in [4.78, 5) is 34.1. The number of hydrogen-bond donors (Lipinski definition) is 1. The number of nitro benzene ring substituents is 1.